The highest BCUT2D eigenvalue weighted by Gasteiger charge is 2.18. The van der Waals surface area contributed by atoms with Gasteiger partial charge in [0, 0.05) is 23.3 Å². The number of thioether (sulfide) groups is 1. The summed E-state index contributed by atoms with van der Waals surface area (Å²) in [4.78, 5) is 8.80. The fourth-order valence-corrected chi connectivity index (χ4v) is 2.00. The first-order chi connectivity index (χ1) is 7.82. The Kier molecular flexibility index (Phi) is 4.62. The predicted molar refractivity (Wildman–Crippen MR) is 76.6 cm³/mol. The zero-order valence-corrected chi connectivity index (χ0v) is 12.1. The van der Waals surface area contributed by atoms with Crippen LogP contribution in [0, 0.1) is 0 Å². The van der Waals surface area contributed by atoms with E-state index in [2.05, 4.69) is 49.2 Å². The smallest absolute Gasteiger partial charge is 0.138 e. The minimum Gasteiger partial charge on any atom is -0.384 e. The van der Waals surface area contributed by atoms with Crippen molar-refractivity contribution in [3.05, 3.63) is 11.9 Å². The normalized spacial score (nSPS) is 13.5. The maximum absolute atomic E-state index is 5.81. The second-order valence-electron chi connectivity index (χ2n) is 5.25. The van der Waals surface area contributed by atoms with Crippen LogP contribution in [0.15, 0.2) is 6.07 Å². The molecule has 1 unspecified atom stereocenters. The van der Waals surface area contributed by atoms with E-state index in [4.69, 9.17) is 5.73 Å². The van der Waals surface area contributed by atoms with Gasteiger partial charge >= 0.3 is 0 Å². The molecule has 17 heavy (non-hydrogen) atoms. The molecular weight excluding hydrogens is 232 g/mol. The molecule has 1 atom stereocenters. The van der Waals surface area contributed by atoms with Crippen LogP contribution in [-0.2, 0) is 5.41 Å². The van der Waals surface area contributed by atoms with Gasteiger partial charge in [0.05, 0.1) is 0 Å². The topological polar surface area (TPSA) is 63.8 Å². The van der Waals surface area contributed by atoms with Crippen molar-refractivity contribution in [3.63, 3.8) is 0 Å². The van der Waals surface area contributed by atoms with Crippen LogP contribution in [0.3, 0.4) is 0 Å². The van der Waals surface area contributed by atoms with Gasteiger partial charge in [-0.2, -0.15) is 11.8 Å². The molecule has 5 heteroatoms. The van der Waals surface area contributed by atoms with Gasteiger partial charge in [-0.3, -0.25) is 0 Å². The molecule has 0 aliphatic carbocycles. The van der Waals surface area contributed by atoms with Gasteiger partial charge in [-0.15, -0.1) is 0 Å². The number of nitrogens with one attached hydrogen (secondary N) is 1. The van der Waals surface area contributed by atoms with Gasteiger partial charge in [-0.1, -0.05) is 20.8 Å². The van der Waals surface area contributed by atoms with Crippen LogP contribution in [0.5, 0.6) is 0 Å². The molecule has 96 valence electrons. The second kappa shape index (κ2) is 5.58. The van der Waals surface area contributed by atoms with Gasteiger partial charge in [0.15, 0.2) is 0 Å². The lowest BCUT2D eigenvalue weighted by atomic mass is 9.96. The Morgan fingerprint density at radius 2 is 2.06 bits per heavy atom. The van der Waals surface area contributed by atoms with E-state index in [-0.39, 0.29) is 5.41 Å². The first-order valence-corrected chi connectivity index (χ1v) is 7.13. The van der Waals surface area contributed by atoms with E-state index in [1.807, 2.05) is 0 Å². The molecule has 0 fully saturated rings. The molecule has 0 aromatic carbocycles. The summed E-state index contributed by atoms with van der Waals surface area (Å²) in [5, 5.41) is 3.34. The number of nitrogens with two attached hydrogens (primary N) is 1. The van der Waals surface area contributed by atoms with E-state index in [0.29, 0.717) is 11.9 Å². The number of nitrogen functional groups attached to an aromatic ring is 1. The van der Waals surface area contributed by atoms with Gasteiger partial charge in [-0.25, -0.2) is 9.97 Å². The molecule has 0 bridgehead atoms. The highest BCUT2D eigenvalue weighted by atomic mass is 32.2. The molecule has 0 saturated carbocycles. The molecule has 1 aromatic rings. The lowest BCUT2D eigenvalue weighted by molar-refractivity contribution is 0.546. The maximum Gasteiger partial charge on any atom is 0.138 e. The fraction of sp³-hybridized carbons (Fsp3) is 0.667. The van der Waals surface area contributed by atoms with Crippen molar-refractivity contribution >= 4 is 23.4 Å². The Hall–Kier alpha value is -0.970. The average molecular weight is 254 g/mol. The van der Waals surface area contributed by atoms with Crippen molar-refractivity contribution in [1.82, 2.24) is 9.97 Å². The van der Waals surface area contributed by atoms with Crippen molar-refractivity contribution in [3.8, 4) is 0 Å². The number of anilines is 2. The number of aromatic nitrogens is 2. The summed E-state index contributed by atoms with van der Waals surface area (Å²) >= 11 is 1.81. The van der Waals surface area contributed by atoms with Crippen molar-refractivity contribution in [1.29, 1.82) is 0 Å². The number of nitrogens with zero attached hydrogens (tertiary/aromatic N) is 2. The predicted octanol–water partition coefficient (Wildman–Crippen LogP) is 2.52. The van der Waals surface area contributed by atoms with E-state index in [1.54, 1.807) is 17.8 Å². The molecule has 0 aliphatic heterocycles. The van der Waals surface area contributed by atoms with Crippen molar-refractivity contribution < 1.29 is 0 Å². The molecule has 0 amide bonds. The van der Waals surface area contributed by atoms with Crippen LogP contribution in [0.25, 0.3) is 0 Å². The molecule has 0 radical (unpaired) electrons. The minimum atomic E-state index is -0.0887. The monoisotopic (exact) mass is 254 g/mol. The first-order valence-electron chi connectivity index (χ1n) is 5.73. The Balaban J connectivity index is 2.90. The summed E-state index contributed by atoms with van der Waals surface area (Å²) in [5.41, 5.74) is 5.72. The quantitative estimate of drug-likeness (QED) is 0.864. The first kappa shape index (κ1) is 14.1. The third-order valence-corrected chi connectivity index (χ3v) is 3.06. The molecule has 4 nitrogen and oxygen atoms in total. The van der Waals surface area contributed by atoms with Crippen LogP contribution in [0.1, 0.15) is 33.5 Å². The summed E-state index contributed by atoms with van der Waals surface area (Å²) in [6.07, 6.45) is 2.09. The van der Waals surface area contributed by atoms with Gasteiger partial charge < -0.3 is 11.1 Å². The van der Waals surface area contributed by atoms with Crippen molar-refractivity contribution in [2.24, 2.45) is 0 Å². The second-order valence-corrected chi connectivity index (χ2v) is 6.16. The fourth-order valence-electron chi connectivity index (χ4n) is 1.42. The highest BCUT2D eigenvalue weighted by molar-refractivity contribution is 7.98. The van der Waals surface area contributed by atoms with E-state index in [0.717, 1.165) is 17.4 Å². The van der Waals surface area contributed by atoms with Gasteiger partial charge in [0.1, 0.15) is 17.5 Å². The zero-order valence-electron chi connectivity index (χ0n) is 11.2. The Bertz CT molecular complexity index is 373. The summed E-state index contributed by atoms with van der Waals surface area (Å²) in [6, 6.07) is 2.15. The molecule has 0 spiro atoms. The van der Waals surface area contributed by atoms with Crippen LogP contribution in [-0.4, -0.2) is 28.0 Å². The van der Waals surface area contributed by atoms with Gasteiger partial charge in [-0.05, 0) is 13.2 Å². The summed E-state index contributed by atoms with van der Waals surface area (Å²) < 4.78 is 0. The molecule has 1 aromatic heterocycles. The largest absolute Gasteiger partial charge is 0.384 e. The Labute approximate surface area is 108 Å². The molecule has 3 N–H and O–H groups in total. The van der Waals surface area contributed by atoms with Crippen LogP contribution in [0.4, 0.5) is 11.6 Å². The summed E-state index contributed by atoms with van der Waals surface area (Å²) in [5.74, 6) is 3.14. The lowest BCUT2D eigenvalue weighted by Gasteiger charge is -2.19. The summed E-state index contributed by atoms with van der Waals surface area (Å²) in [6.45, 7) is 8.37. The van der Waals surface area contributed by atoms with E-state index in [9.17, 15) is 0 Å². The van der Waals surface area contributed by atoms with E-state index in [1.165, 1.54) is 0 Å². The summed E-state index contributed by atoms with van der Waals surface area (Å²) in [7, 11) is 0. The van der Waals surface area contributed by atoms with Crippen LogP contribution < -0.4 is 11.1 Å². The third kappa shape index (κ3) is 4.42. The molecule has 0 aliphatic rings. The standard InChI is InChI=1S/C12H22N4S/c1-8(7-17-5)14-10-6-9(13)15-11(16-10)12(2,3)4/h6,8H,7H2,1-5H3,(H3,13,14,15,16). The van der Waals surface area contributed by atoms with Crippen molar-refractivity contribution in [2.45, 2.75) is 39.2 Å². The van der Waals surface area contributed by atoms with Crippen molar-refractivity contribution in [2.75, 3.05) is 23.1 Å². The highest BCUT2D eigenvalue weighted by Crippen LogP contribution is 2.21. The molecule has 0 saturated heterocycles. The third-order valence-electron chi connectivity index (χ3n) is 2.23. The average Bonchev–Trinajstić information content (AvgIpc) is 2.15. The maximum atomic E-state index is 5.81. The van der Waals surface area contributed by atoms with Crippen LogP contribution in [0.2, 0.25) is 0 Å². The SMILES string of the molecule is CSCC(C)Nc1cc(N)nc(C(C)(C)C)n1. The molecular formula is C12H22N4S. The Morgan fingerprint density at radius 3 is 2.59 bits per heavy atom. The van der Waals surface area contributed by atoms with E-state index < -0.39 is 0 Å². The van der Waals surface area contributed by atoms with Gasteiger partial charge in [0.25, 0.3) is 0 Å². The number of hydrogen-bond acceptors (Lipinski definition) is 5. The molecule has 1 heterocycles. The molecule has 1 rings (SSSR count). The Morgan fingerprint density at radius 1 is 1.41 bits per heavy atom. The number of rotatable bonds is 4. The van der Waals surface area contributed by atoms with E-state index >= 15 is 0 Å². The minimum absolute atomic E-state index is 0.0887. The zero-order chi connectivity index (χ0) is 13.1. The van der Waals surface area contributed by atoms with Gasteiger partial charge in [0.2, 0.25) is 0 Å². The lowest BCUT2D eigenvalue weighted by Crippen LogP contribution is -2.22. The van der Waals surface area contributed by atoms with Crippen LogP contribution >= 0.6 is 11.8 Å². The number of hydrogen-bond donors (Lipinski definition) is 2.